The van der Waals surface area contributed by atoms with Gasteiger partial charge in [0.15, 0.2) is 0 Å². The first kappa shape index (κ1) is 13.7. The Morgan fingerprint density at radius 3 is 2.65 bits per heavy atom. The van der Waals surface area contributed by atoms with E-state index in [1.54, 1.807) is 0 Å². The molecule has 104 valence electrons. The minimum absolute atomic E-state index is 0.0589. The van der Waals surface area contributed by atoms with Crippen LogP contribution < -0.4 is 10.6 Å². The maximum Gasteiger partial charge on any atom is 0.0558 e. The van der Waals surface area contributed by atoms with E-state index in [0.717, 1.165) is 16.5 Å². The summed E-state index contributed by atoms with van der Waals surface area (Å²) in [4.78, 5) is 2.41. The van der Waals surface area contributed by atoms with Crippen LogP contribution in [0.4, 0.5) is 11.4 Å². The van der Waals surface area contributed by atoms with Gasteiger partial charge in [-0.25, -0.2) is 0 Å². The lowest BCUT2D eigenvalue weighted by Gasteiger charge is -2.26. The van der Waals surface area contributed by atoms with Gasteiger partial charge in [-0.15, -0.1) is 0 Å². The third-order valence-electron chi connectivity index (χ3n) is 3.96. The standard InChI is InChI=1S/C17H19BrN2/c1-11-9-14-5-3-4-6-16(14)20(11)17-8-7-13(12(2)19)10-15(17)18/h3-8,10-12H,9,19H2,1-2H3/t11?,12-/m1/s1. The predicted octanol–water partition coefficient (Wildman–Crippen LogP) is 4.55. The number of nitrogens with two attached hydrogens (primary N) is 1. The molecule has 0 amide bonds. The molecule has 2 nitrogen and oxygen atoms in total. The molecule has 3 heteroatoms. The first-order valence-electron chi connectivity index (χ1n) is 7.00. The van der Waals surface area contributed by atoms with Crippen LogP contribution >= 0.6 is 15.9 Å². The van der Waals surface area contributed by atoms with E-state index in [1.165, 1.54) is 16.9 Å². The fraction of sp³-hybridized carbons (Fsp3) is 0.294. The average Bonchev–Trinajstić information content (AvgIpc) is 2.74. The van der Waals surface area contributed by atoms with Gasteiger partial charge in [0, 0.05) is 22.2 Å². The number of hydrogen-bond acceptors (Lipinski definition) is 2. The van der Waals surface area contributed by atoms with Gasteiger partial charge in [0.05, 0.1) is 5.69 Å². The van der Waals surface area contributed by atoms with Crippen LogP contribution in [0, 0.1) is 0 Å². The number of halogens is 1. The van der Waals surface area contributed by atoms with Crippen LogP contribution in [0.1, 0.15) is 31.0 Å². The molecule has 2 atom stereocenters. The minimum atomic E-state index is 0.0589. The number of anilines is 2. The maximum atomic E-state index is 5.96. The highest BCUT2D eigenvalue weighted by atomic mass is 79.9. The monoisotopic (exact) mass is 330 g/mol. The first-order valence-corrected chi connectivity index (χ1v) is 7.79. The zero-order chi connectivity index (χ0) is 14.3. The van der Waals surface area contributed by atoms with Crippen LogP contribution in [0.15, 0.2) is 46.9 Å². The molecular formula is C17H19BrN2. The number of fused-ring (bicyclic) bond motifs is 1. The summed E-state index contributed by atoms with van der Waals surface area (Å²) in [7, 11) is 0. The number of nitrogens with zero attached hydrogens (tertiary/aromatic N) is 1. The molecule has 1 unspecified atom stereocenters. The van der Waals surface area contributed by atoms with Crippen LogP contribution in [0.25, 0.3) is 0 Å². The molecule has 1 aliphatic heterocycles. The average molecular weight is 331 g/mol. The van der Waals surface area contributed by atoms with Crippen molar-refractivity contribution in [2.75, 3.05) is 4.90 Å². The van der Waals surface area contributed by atoms with Crippen molar-refractivity contribution in [3.05, 3.63) is 58.1 Å². The second-order valence-electron chi connectivity index (χ2n) is 5.55. The molecule has 0 radical (unpaired) electrons. The molecule has 0 aliphatic carbocycles. The highest BCUT2D eigenvalue weighted by molar-refractivity contribution is 9.10. The van der Waals surface area contributed by atoms with Crippen molar-refractivity contribution in [3.8, 4) is 0 Å². The van der Waals surface area contributed by atoms with Crippen molar-refractivity contribution in [3.63, 3.8) is 0 Å². The van der Waals surface area contributed by atoms with E-state index in [4.69, 9.17) is 5.73 Å². The lowest BCUT2D eigenvalue weighted by Crippen LogP contribution is -2.24. The van der Waals surface area contributed by atoms with Crippen molar-refractivity contribution in [1.29, 1.82) is 0 Å². The number of rotatable bonds is 2. The van der Waals surface area contributed by atoms with Crippen LogP contribution in [0.3, 0.4) is 0 Å². The van der Waals surface area contributed by atoms with Crippen molar-refractivity contribution in [1.82, 2.24) is 0 Å². The van der Waals surface area contributed by atoms with E-state index in [0.29, 0.717) is 6.04 Å². The Morgan fingerprint density at radius 1 is 1.20 bits per heavy atom. The normalized spacial score (nSPS) is 19.0. The Labute approximate surface area is 128 Å². The lowest BCUT2D eigenvalue weighted by atomic mass is 10.1. The van der Waals surface area contributed by atoms with Crippen molar-refractivity contribution >= 4 is 27.3 Å². The van der Waals surface area contributed by atoms with Gasteiger partial charge in [-0.1, -0.05) is 24.3 Å². The van der Waals surface area contributed by atoms with Gasteiger partial charge >= 0.3 is 0 Å². The van der Waals surface area contributed by atoms with Gasteiger partial charge in [-0.3, -0.25) is 0 Å². The zero-order valence-corrected chi connectivity index (χ0v) is 13.4. The summed E-state index contributed by atoms with van der Waals surface area (Å²) in [6.45, 7) is 4.28. The molecule has 0 aromatic heterocycles. The number of benzene rings is 2. The zero-order valence-electron chi connectivity index (χ0n) is 11.8. The third-order valence-corrected chi connectivity index (χ3v) is 4.60. The topological polar surface area (TPSA) is 29.3 Å². The Balaban J connectivity index is 2.05. The number of para-hydroxylation sites is 1. The molecule has 0 saturated heterocycles. The smallest absolute Gasteiger partial charge is 0.0558 e. The summed E-state index contributed by atoms with van der Waals surface area (Å²) >= 11 is 3.71. The highest BCUT2D eigenvalue weighted by Crippen LogP contribution is 2.41. The Morgan fingerprint density at radius 2 is 1.95 bits per heavy atom. The fourth-order valence-electron chi connectivity index (χ4n) is 2.93. The molecule has 2 N–H and O–H groups in total. The molecule has 0 saturated carbocycles. The quantitative estimate of drug-likeness (QED) is 0.875. The number of hydrogen-bond donors (Lipinski definition) is 1. The van der Waals surface area contributed by atoms with Gasteiger partial charge in [-0.2, -0.15) is 0 Å². The summed E-state index contributed by atoms with van der Waals surface area (Å²) in [6.07, 6.45) is 1.09. The van der Waals surface area contributed by atoms with Crippen LogP contribution in [-0.2, 0) is 6.42 Å². The molecule has 1 aliphatic rings. The van der Waals surface area contributed by atoms with E-state index in [-0.39, 0.29) is 6.04 Å². The molecular weight excluding hydrogens is 312 g/mol. The van der Waals surface area contributed by atoms with Gasteiger partial charge in [0.2, 0.25) is 0 Å². The molecule has 0 spiro atoms. The molecule has 2 aromatic rings. The van der Waals surface area contributed by atoms with Crippen LogP contribution in [0.5, 0.6) is 0 Å². The van der Waals surface area contributed by atoms with Crippen LogP contribution in [-0.4, -0.2) is 6.04 Å². The lowest BCUT2D eigenvalue weighted by molar-refractivity contribution is 0.756. The SMILES string of the molecule is CC1Cc2ccccc2N1c1ccc([C@@H](C)N)cc1Br. The molecule has 1 heterocycles. The Hall–Kier alpha value is -1.32. The van der Waals surface area contributed by atoms with Crippen molar-refractivity contribution < 1.29 is 0 Å². The summed E-state index contributed by atoms with van der Waals surface area (Å²) < 4.78 is 1.11. The van der Waals surface area contributed by atoms with Gasteiger partial charge in [-0.05, 0) is 65.5 Å². The second-order valence-corrected chi connectivity index (χ2v) is 6.41. The van der Waals surface area contributed by atoms with Gasteiger partial charge in [0.25, 0.3) is 0 Å². The predicted molar refractivity (Wildman–Crippen MR) is 88.5 cm³/mol. The van der Waals surface area contributed by atoms with E-state index < -0.39 is 0 Å². The van der Waals surface area contributed by atoms with Crippen molar-refractivity contribution in [2.24, 2.45) is 5.73 Å². The summed E-state index contributed by atoms with van der Waals surface area (Å²) in [5.74, 6) is 0. The molecule has 0 fully saturated rings. The van der Waals surface area contributed by atoms with E-state index >= 15 is 0 Å². The summed E-state index contributed by atoms with van der Waals surface area (Å²) in [6, 6.07) is 15.6. The van der Waals surface area contributed by atoms with Crippen molar-refractivity contribution in [2.45, 2.75) is 32.4 Å². The maximum absolute atomic E-state index is 5.96. The highest BCUT2D eigenvalue weighted by Gasteiger charge is 2.27. The largest absolute Gasteiger partial charge is 0.337 e. The van der Waals surface area contributed by atoms with E-state index in [1.807, 2.05) is 6.92 Å². The molecule has 20 heavy (non-hydrogen) atoms. The third kappa shape index (κ3) is 2.25. The molecule has 2 aromatic carbocycles. The van der Waals surface area contributed by atoms with Gasteiger partial charge < -0.3 is 10.6 Å². The fourth-order valence-corrected chi connectivity index (χ4v) is 3.52. The van der Waals surface area contributed by atoms with Gasteiger partial charge in [0.1, 0.15) is 0 Å². The first-order chi connectivity index (χ1) is 9.58. The Kier molecular flexibility index (Phi) is 3.57. The Bertz CT molecular complexity index is 637. The minimum Gasteiger partial charge on any atom is -0.337 e. The molecule has 3 rings (SSSR count). The second kappa shape index (κ2) is 5.23. The molecule has 0 bridgehead atoms. The van der Waals surface area contributed by atoms with Crippen LogP contribution in [0.2, 0.25) is 0 Å². The summed E-state index contributed by atoms with van der Waals surface area (Å²) in [5, 5.41) is 0. The summed E-state index contributed by atoms with van der Waals surface area (Å²) in [5.41, 5.74) is 11.1. The van der Waals surface area contributed by atoms with E-state index in [2.05, 4.69) is 70.2 Å². The van der Waals surface area contributed by atoms with E-state index in [9.17, 15) is 0 Å².